The SMILES string of the molecule is C1COCCO1.C1COCCO1.C1COCCO1.C1COCCO1.C1COCCO1.C1COCCO1.O=C=[P-].O=C=[P-].[Na+].[Na+]. The topological polar surface area (TPSA) is 145 Å². The van der Waals surface area contributed by atoms with E-state index in [0.717, 1.165) is 159 Å². The first-order valence-electron chi connectivity index (χ1n) is 13.8. The number of rotatable bonds is 0. The number of hydrogen-bond acceptors (Lipinski definition) is 14. The molecule has 0 aromatic rings. The molecule has 0 spiro atoms. The quantitative estimate of drug-likeness (QED) is 0.177. The van der Waals surface area contributed by atoms with Gasteiger partial charge in [-0.3, -0.25) is 9.59 Å². The van der Waals surface area contributed by atoms with E-state index in [1.807, 2.05) is 0 Å². The summed E-state index contributed by atoms with van der Waals surface area (Å²) in [5.41, 5.74) is 2.39. The Morgan fingerprint density at radius 1 is 0.250 bits per heavy atom. The summed E-state index contributed by atoms with van der Waals surface area (Å²) < 4.78 is 59.3. The molecular weight excluding hydrogens is 644 g/mol. The first-order chi connectivity index (χ1) is 20.8. The van der Waals surface area contributed by atoms with Crippen molar-refractivity contribution in [1.29, 1.82) is 0 Å². The number of ether oxygens (including phenoxy) is 12. The van der Waals surface area contributed by atoms with Crippen molar-refractivity contribution in [2.75, 3.05) is 159 Å². The van der Waals surface area contributed by atoms with Crippen LogP contribution in [0.2, 0.25) is 0 Å². The molecule has 6 heterocycles. The van der Waals surface area contributed by atoms with Crippen LogP contribution in [0, 0.1) is 0 Å². The Morgan fingerprint density at radius 2 is 0.295 bits per heavy atom. The molecule has 44 heavy (non-hydrogen) atoms. The smallest absolute Gasteiger partial charge is 0.623 e. The molecular formula is C26H48Na2O14P2. The van der Waals surface area contributed by atoms with Crippen molar-refractivity contribution >= 4 is 29.1 Å². The zero-order valence-corrected chi connectivity index (χ0v) is 32.4. The Hall–Kier alpha value is 1.28. The summed E-state index contributed by atoms with van der Waals surface area (Å²) in [4.78, 5) is 17.1. The van der Waals surface area contributed by atoms with Gasteiger partial charge in [-0.15, -0.1) is 11.3 Å². The average Bonchev–Trinajstić information content (AvgIpc) is 3.12. The third-order valence-corrected chi connectivity index (χ3v) is 4.46. The molecule has 0 aliphatic carbocycles. The summed E-state index contributed by atoms with van der Waals surface area (Å²) in [6.45, 7) is 18.7. The van der Waals surface area contributed by atoms with E-state index < -0.39 is 0 Å². The largest absolute Gasteiger partial charge is 1.00 e. The van der Waals surface area contributed by atoms with Gasteiger partial charge < -0.3 is 74.6 Å². The molecule has 0 saturated carbocycles. The number of hydrogen-bond donors (Lipinski definition) is 0. The zero-order chi connectivity index (χ0) is 30.9. The molecule has 0 N–H and O–H groups in total. The second kappa shape index (κ2) is 53.8. The summed E-state index contributed by atoms with van der Waals surface area (Å²) in [5, 5.41) is 0. The van der Waals surface area contributed by atoms with E-state index in [-0.39, 0.29) is 59.1 Å². The standard InChI is InChI=1S/6C4H8O2.2COP.2Na/c6*1-2-6-4-3-5-1;2*2-1-3;;/h6*1-4H2;;;;/q;;;;;;2*-1;2*+1. The molecule has 0 amide bonds. The van der Waals surface area contributed by atoms with Crippen LogP contribution in [0.15, 0.2) is 0 Å². The molecule has 0 radical (unpaired) electrons. The third kappa shape index (κ3) is 55.7. The maximum Gasteiger partial charge on any atom is 1.00 e. The van der Waals surface area contributed by atoms with Crippen molar-refractivity contribution in [3.05, 3.63) is 0 Å². The van der Waals surface area contributed by atoms with Gasteiger partial charge in [-0.05, 0) is 0 Å². The number of carbonyl (C=O) groups excluding carboxylic acids is 2. The maximum absolute atomic E-state index is 8.54. The fraction of sp³-hybridized carbons (Fsp3) is 0.923. The van der Waals surface area contributed by atoms with Crippen molar-refractivity contribution in [1.82, 2.24) is 0 Å². The molecule has 0 atom stereocenters. The van der Waals surface area contributed by atoms with E-state index in [2.05, 4.69) is 17.7 Å². The van der Waals surface area contributed by atoms with E-state index in [9.17, 15) is 0 Å². The van der Waals surface area contributed by atoms with Gasteiger partial charge in [-0.25, -0.2) is 0 Å². The molecule has 6 aliphatic rings. The van der Waals surface area contributed by atoms with Gasteiger partial charge in [0.05, 0.1) is 159 Å². The summed E-state index contributed by atoms with van der Waals surface area (Å²) >= 11 is 0. The minimum absolute atomic E-state index is 0. The van der Waals surface area contributed by atoms with Gasteiger partial charge in [-0.1, -0.05) is 0 Å². The monoisotopic (exact) mass is 692 g/mol. The van der Waals surface area contributed by atoms with Crippen molar-refractivity contribution in [3.8, 4) is 0 Å². The van der Waals surface area contributed by atoms with Crippen LogP contribution in [0.5, 0.6) is 0 Å². The van der Waals surface area contributed by atoms with Gasteiger partial charge in [0.15, 0.2) is 0 Å². The molecule has 0 aromatic heterocycles. The fourth-order valence-corrected chi connectivity index (χ4v) is 2.64. The minimum atomic E-state index is 0. The first kappa shape index (κ1) is 52.1. The van der Waals surface area contributed by atoms with Crippen LogP contribution in [0.25, 0.3) is 0 Å². The van der Waals surface area contributed by atoms with Crippen molar-refractivity contribution in [3.63, 3.8) is 0 Å². The van der Waals surface area contributed by atoms with E-state index >= 15 is 0 Å². The van der Waals surface area contributed by atoms with Gasteiger partial charge in [0.2, 0.25) is 0 Å². The van der Waals surface area contributed by atoms with Gasteiger partial charge in [-0.2, -0.15) is 0 Å². The predicted molar refractivity (Wildman–Crippen MR) is 155 cm³/mol. The van der Waals surface area contributed by atoms with Crippen LogP contribution < -0.4 is 59.1 Å². The van der Waals surface area contributed by atoms with E-state index in [0.29, 0.717) is 0 Å². The van der Waals surface area contributed by atoms with Gasteiger partial charge in [0.25, 0.3) is 0 Å². The molecule has 248 valence electrons. The molecule has 0 aromatic carbocycles. The summed E-state index contributed by atoms with van der Waals surface area (Å²) in [5.74, 6) is 0. The van der Waals surface area contributed by atoms with E-state index in [1.165, 1.54) is 11.3 Å². The molecule has 14 nitrogen and oxygen atoms in total. The molecule has 6 rings (SSSR count). The molecule has 6 aliphatic heterocycles. The summed E-state index contributed by atoms with van der Waals surface area (Å²) in [7, 11) is 5.97. The Kier molecular flexibility index (Phi) is 63.7. The van der Waals surface area contributed by atoms with Crippen molar-refractivity contribution in [2.24, 2.45) is 0 Å². The molecule has 0 unspecified atom stereocenters. The maximum atomic E-state index is 8.54. The fourth-order valence-electron chi connectivity index (χ4n) is 2.64. The van der Waals surface area contributed by atoms with E-state index in [1.54, 1.807) is 0 Å². The van der Waals surface area contributed by atoms with Crippen molar-refractivity contribution in [2.45, 2.75) is 0 Å². The van der Waals surface area contributed by atoms with Gasteiger partial charge in [0.1, 0.15) is 0 Å². The van der Waals surface area contributed by atoms with Crippen LogP contribution >= 0.6 is 17.7 Å². The second-order valence-electron chi connectivity index (χ2n) is 7.53. The summed E-state index contributed by atoms with van der Waals surface area (Å²) in [6.07, 6.45) is 0. The Labute approximate surface area is 311 Å². The molecule has 18 heteroatoms. The van der Waals surface area contributed by atoms with Crippen LogP contribution in [0.3, 0.4) is 0 Å². The summed E-state index contributed by atoms with van der Waals surface area (Å²) in [6, 6.07) is 0. The molecule has 6 saturated heterocycles. The average molecular weight is 693 g/mol. The zero-order valence-electron chi connectivity index (χ0n) is 26.6. The first-order valence-corrected chi connectivity index (χ1v) is 14.7. The minimum Gasteiger partial charge on any atom is -0.623 e. The normalized spacial score (nSPS) is 20.0. The van der Waals surface area contributed by atoms with Crippen molar-refractivity contribution < 1.29 is 126 Å². The molecule has 0 bridgehead atoms. The van der Waals surface area contributed by atoms with Crippen LogP contribution in [-0.2, 0) is 66.4 Å². The van der Waals surface area contributed by atoms with Gasteiger partial charge in [0, 0.05) is 0 Å². The molecule has 6 fully saturated rings. The van der Waals surface area contributed by atoms with Crippen LogP contribution in [0.1, 0.15) is 0 Å². The Bertz CT molecular complexity index is 379. The van der Waals surface area contributed by atoms with Crippen LogP contribution in [-0.4, -0.2) is 170 Å². The Balaban J connectivity index is -0.000000209. The van der Waals surface area contributed by atoms with Crippen LogP contribution in [0.4, 0.5) is 0 Å². The Morgan fingerprint density at radius 3 is 0.318 bits per heavy atom. The van der Waals surface area contributed by atoms with Gasteiger partial charge >= 0.3 is 59.1 Å². The third-order valence-electron chi connectivity index (χ3n) is 4.46. The predicted octanol–water partition coefficient (Wildman–Crippen LogP) is -4.86. The second-order valence-corrected chi connectivity index (χ2v) is 7.90. The van der Waals surface area contributed by atoms with E-state index in [4.69, 9.17) is 66.4 Å².